The van der Waals surface area contributed by atoms with Crippen molar-refractivity contribution in [2.45, 2.75) is 69.9 Å². The predicted molar refractivity (Wildman–Crippen MR) is 140 cm³/mol. The lowest BCUT2D eigenvalue weighted by molar-refractivity contribution is -0.116. The van der Waals surface area contributed by atoms with E-state index in [4.69, 9.17) is 0 Å². The summed E-state index contributed by atoms with van der Waals surface area (Å²) in [6, 6.07) is 17.2. The molecule has 3 heterocycles. The smallest absolute Gasteiger partial charge is 0.226 e. The number of hydrogen-bond donors (Lipinski definition) is 3. The molecule has 2 atom stereocenters. The molecule has 1 saturated heterocycles. The Labute approximate surface area is 207 Å². The maximum atomic E-state index is 12.5. The first-order valence-corrected chi connectivity index (χ1v) is 13.0. The normalized spacial score (nSPS) is 20.3. The molecule has 1 aromatic heterocycles. The van der Waals surface area contributed by atoms with Gasteiger partial charge in [0.2, 0.25) is 5.91 Å². The molecule has 0 aliphatic carbocycles. The van der Waals surface area contributed by atoms with Gasteiger partial charge in [-0.1, -0.05) is 61.7 Å². The third-order valence-electron chi connectivity index (χ3n) is 7.46. The van der Waals surface area contributed by atoms with Crippen LogP contribution in [0.3, 0.4) is 0 Å². The maximum Gasteiger partial charge on any atom is 0.226 e. The van der Waals surface area contributed by atoms with Gasteiger partial charge >= 0.3 is 0 Å². The summed E-state index contributed by atoms with van der Waals surface area (Å²) in [7, 11) is 0. The summed E-state index contributed by atoms with van der Waals surface area (Å²) in [6.45, 7) is 4.61. The number of aryl methyl sites for hydroxylation is 2. The molecule has 3 N–H and O–H groups in total. The molecule has 35 heavy (non-hydrogen) atoms. The molecule has 2 aliphatic rings. The summed E-state index contributed by atoms with van der Waals surface area (Å²) in [6.07, 6.45) is 9.33. The highest BCUT2D eigenvalue weighted by atomic mass is 16.1. The third-order valence-corrected chi connectivity index (χ3v) is 7.46. The molecule has 0 spiro atoms. The Morgan fingerprint density at radius 3 is 2.86 bits per heavy atom. The zero-order chi connectivity index (χ0) is 24.1. The van der Waals surface area contributed by atoms with Gasteiger partial charge in [0.25, 0.3) is 0 Å². The van der Waals surface area contributed by atoms with E-state index in [1.54, 1.807) is 4.68 Å². The SMILES string of the molecule is CCCCCCc1ccc(NC(=O)CCn2cc(C[C@@]34CNC[C@@H]3Nc3ccccc34)nn2)cc1. The summed E-state index contributed by atoms with van der Waals surface area (Å²) < 4.78 is 1.79. The fourth-order valence-electron chi connectivity index (χ4n) is 5.54. The van der Waals surface area contributed by atoms with E-state index in [0.29, 0.717) is 19.0 Å². The Morgan fingerprint density at radius 2 is 2.00 bits per heavy atom. The predicted octanol–water partition coefficient (Wildman–Crippen LogP) is 4.31. The zero-order valence-corrected chi connectivity index (χ0v) is 20.6. The van der Waals surface area contributed by atoms with Crippen LogP contribution in [0.15, 0.2) is 54.7 Å². The molecule has 7 heteroatoms. The van der Waals surface area contributed by atoms with Crippen molar-refractivity contribution in [2.24, 2.45) is 0 Å². The van der Waals surface area contributed by atoms with Gasteiger partial charge in [-0.15, -0.1) is 5.10 Å². The van der Waals surface area contributed by atoms with E-state index in [1.807, 2.05) is 18.3 Å². The Morgan fingerprint density at radius 1 is 1.14 bits per heavy atom. The van der Waals surface area contributed by atoms with E-state index in [9.17, 15) is 4.79 Å². The average molecular weight is 473 g/mol. The molecule has 184 valence electrons. The Kier molecular flexibility index (Phi) is 7.13. The van der Waals surface area contributed by atoms with Crippen molar-refractivity contribution in [3.05, 3.63) is 71.5 Å². The summed E-state index contributed by atoms with van der Waals surface area (Å²) in [4.78, 5) is 12.5. The van der Waals surface area contributed by atoms with E-state index in [0.717, 1.165) is 37.3 Å². The van der Waals surface area contributed by atoms with Crippen LogP contribution >= 0.6 is 0 Å². The zero-order valence-electron chi connectivity index (χ0n) is 20.6. The lowest BCUT2D eigenvalue weighted by Crippen LogP contribution is -2.39. The number of unbranched alkanes of at least 4 members (excludes halogenated alkanes) is 3. The number of nitrogens with zero attached hydrogens (tertiary/aromatic N) is 3. The van der Waals surface area contributed by atoms with Crippen LogP contribution in [0.2, 0.25) is 0 Å². The average Bonchev–Trinajstić information content (AvgIpc) is 3.56. The van der Waals surface area contributed by atoms with E-state index in [1.165, 1.54) is 42.5 Å². The number of fused-ring (bicyclic) bond motifs is 3. The first-order chi connectivity index (χ1) is 17.2. The van der Waals surface area contributed by atoms with Crippen LogP contribution in [0.4, 0.5) is 11.4 Å². The lowest BCUT2D eigenvalue weighted by atomic mass is 9.75. The van der Waals surface area contributed by atoms with E-state index >= 15 is 0 Å². The number of carbonyl (C=O) groups is 1. The highest BCUT2D eigenvalue weighted by Crippen LogP contribution is 2.44. The monoisotopic (exact) mass is 472 g/mol. The molecule has 1 amide bonds. The molecule has 7 nitrogen and oxygen atoms in total. The Bertz CT molecular complexity index is 1140. The van der Waals surface area contributed by atoms with Crippen molar-refractivity contribution in [1.82, 2.24) is 20.3 Å². The van der Waals surface area contributed by atoms with E-state index in [-0.39, 0.29) is 11.3 Å². The molecule has 2 aliphatic heterocycles. The van der Waals surface area contributed by atoms with Gasteiger partial charge in [-0.25, -0.2) is 0 Å². The van der Waals surface area contributed by atoms with Crippen molar-refractivity contribution < 1.29 is 4.79 Å². The van der Waals surface area contributed by atoms with Crippen LogP contribution in [-0.4, -0.2) is 40.0 Å². The Hall–Kier alpha value is -3.19. The minimum Gasteiger partial charge on any atom is -0.380 e. The fourth-order valence-corrected chi connectivity index (χ4v) is 5.54. The molecule has 1 fully saturated rings. The number of rotatable bonds is 11. The topological polar surface area (TPSA) is 83.9 Å². The summed E-state index contributed by atoms with van der Waals surface area (Å²) >= 11 is 0. The van der Waals surface area contributed by atoms with Gasteiger partial charge in [0.15, 0.2) is 0 Å². The van der Waals surface area contributed by atoms with Crippen LogP contribution in [0.1, 0.15) is 55.8 Å². The van der Waals surface area contributed by atoms with Crippen LogP contribution in [0.5, 0.6) is 0 Å². The first kappa shape index (κ1) is 23.5. The van der Waals surface area contributed by atoms with Gasteiger partial charge in [-0.05, 0) is 42.2 Å². The highest BCUT2D eigenvalue weighted by Gasteiger charge is 2.50. The minimum atomic E-state index is -0.00897. The van der Waals surface area contributed by atoms with Gasteiger partial charge < -0.3 is 16.0 Å². The largest absolute Gasteiger partial charge is 0.380 e. The van der Waals surface area contributed by atoms with Gasteiger partial charge in [-0.3, -0.25) is 9.48 Å². The van der Waals surface area contributed by atoms with Gasteiger partial charge in [0.1, 0.15) is 0 Å². The molecule has 0 bridgehead atoms. The first-order valence-electron chi connectivity index (χ1n) is 13.0. The number of para-hydroxylation sites is 1. The third kappa shape index (κ3) is 5.25. The maximum absolute atomic E-state index is 12.5. The number of carbonyl (C=O) groups excluding carboxylic acids is 1. The van der Waals surface area contributed by atoms with Crippen molar-refractivity contribution in [3.8, 4) is 0 Å². The van der Waals surface area contributed by atoms with Crippen molar-refractivity contribution in [2.75, 3.05) is 23.7 Å². The standard InChI is InChI=1S/C28H36N6O/c1-2-3-4-5-8-21-11-13-22(14-12-21)30-27(35)15-16-34-19-23(32-33-34)17-28-20-29-18-26(28)31-25-10-7-6-9-24(25)28/h6-7,9-14,19,26,29,31H,2-5,8,15-18,20H2,1H3,(H,30,35)/t26-,28-/m0/s1. The quantitative estimate of drug-likeness (QED) is 0.362. The number of hydrogen-bond acceptors (Lipinski definition) is 5. The van der Waals surface area contributed by atoms with Gasteiger partial charge in [0.05, 0.1) is 12.2 Å². The number of anilines is 2. The minimum absolute atomic E-state index is 0.00298. The molecule has 0 saturated carbocycles. The van der Waals surface area contributed by atoms with Crippen molar-refractivity contribution in [3.63, 3.8) is 0 Å². The van der Waals surface area contributed by atoms with Crippen LogP contribution in [-0.2, 0) is 29.6 Å². The molecular formula is C28H36N6O. The van der Waals surface area contributed by atoms with Crippen molar-refractivity contribution in [1.29, 1.82) is 0 Å². The molecule has 2 aromatic carbocycles. The van der Waals surface area contributed by atoms with Crippen LogP contribution in [0, 0.1) is 0 Å². The number of aromatic nitrogens is 3. The van der Waals surface area contributed by atoms with Crippen LogP contribution < -0.4 is 16.0 Å². The highest BCUT2D eigenvalue weighted by molar-refractivity contribution is 5.90. The second-order valence-corrected chi connectivity index (χ2v) is 9.99. The molecule has 3 aromatic rings. The fraction of sp³-hybridized carbons (Fsp3) is 0.464. The van der Waals surface area contributed by atoms with Crippen molar-refractivity contribution >= 4 is 17.3 Å². The molecule has 0 radical (unpaired) electrons. The number of benzene rings is 2. The number of amides is 1. The summed E-state index contributed by atoms with van der Waals surface area (Å²) in [5.41, 5.74) is 5.72. The Balaban J connectivity index is 1.12. The van der Waals surface area contributed by atoms with E-state index < -0.39 is 0 Å². The van der Waals surface area contributed by atoms with Gasteiger partial charge in [0, 0.05) is 55.0 Å². The van der Waals surface area contributed by atoms with Gasteiger partial charge in [-0.2, -0.15) is 0 Å². The summed E-state index contributed by atoms with van der Waals surface area (Å²) in [5, 5.41) is 19.0. The summed E-state index contributed by atoms with van der Waals surface area (Å²) in [5.74, 6) is -0.00897. The second kappa shape index (κ2) is 10.6. The number of nitrogens with one attached hydrogen (secondary N) is 3. The second-order valence-electron chi connectivity index (χ2n) is 9.99. The molecular weight excluding hydrogens is 436 g/mol. The van der Waals surface area contributed by atoms with E-state index in [2.05, 4.69) is 69.6 Å². The molecule has 0 unspecified atom stereocenters. The molecule has 5 rings (SSSR count). The lowest BCUT2D eigenvalue weighted by Gasteiger charge is -2.27. The van der Waals surface area contributed by atoms with Crippen LogP contribution in [0.25, 0.3) is 0 Å².